The van der Waals surface area contributed by atoms with Crippen molar-refractivity contribution >= 4 is 21.6 Å². The predicted molar refractivity (Wildman–Crippen MR) is 79.6 cm³/mol. The van der Waals surface area contributed by atoms with E-state index in [9.17, 15) is 8.42 Å². The highest BCUT2D eigenvalue weighted by Gasteiger charge is 2.27. The molecule has 5 nitrogen and oxygen atoms in total. The van der Waals surface area contributed by atoms with Crippen LogP contribution in [0.4, 0.5) is 0 Å². The number of halogens is 1. The lowest BCUT2D eigenvalue weighted by Gasteiger charge is -2.27. The number of nitriles is 1. The van der Waals surface area contributed by atoms with Crippen molar-refractivity contribution in [3.63, 3.8) is 0 Å². The van der Waals surface area contributed by atoms with Gasteiger partial charge in [0.2, 0.25) is 10.0 Å². The van der Waals surface area contributed by atoms with Crippen molar-refractivity contribution in [2.24, 2.45) is 0 Å². The molecule has 1 saturated heterocycles. The number of rotatable bonds is 4. The summed E-state index contributed by atoms with van der Waals surface area (Å²) in [5.41, 5.74) is 0.264. The molecule has 0 saturated carbocycles. The molecule has 2 rings (SSSR count). The highest BCUT2D eigenvalue weighted by molar-refractivity contribution is 7.89. The minimum Gasteiger partial charge on any atom is -0.377 e. The van der Waals surface area contributed by atoms with Crippen LogP contribution >= 0.6 is 11.6 Å². The molecule has 1 atom stereocenters. The maximum atomic E-state index is 12.6. The Hall–Kier alpha value is -1.13. The van der Waals surface area contributed by atoms with E-state index in [0.29, 0.717) is 6.61 Å². The number of hydrogen-bond acceptors (Lipinski definition) is 4. The van der Waals surface area contributed by atoms with E-state index < -0.39 is 10.0 Å². The van der Waals surface area contributed by atoms with Crippen LogP contribution in [0.2, 0.25) is 5.02 Å². The average molecular weight is 329 g/mol. The van der Waals surface area contributed by atoms with E-state index in [2.05, 4.69) is 0 Å². The second-order valence-electron chi connectivity index (χ2n) is 5.03. The molecule has 1 aliphatic rings. The SMILES string of the molecule is CN(CC1CCCCO1)S(=O)(=O)c1cc(C#N)ccc1Cl. The monoisotopic (exact) mass is 328 g/mol. The van der Waals surface area contributed by atoms with Gasteiger partial charge in [-0.15, -0.1) is 0 Å². The van der Waals surface area contributed by atoms with Gasteiger partial charge in [0.05, 0.1) is 22.8 Å². The first kappa shape index (κ1) is 16.2. The zero-order chi connectivity index (χ0) is 15.5. The highest BCUT2D eigenvalue weighted by atomic mass is 35.5. The summed E-state index contributed by atoms with van der Waals surface area (Å²) in [5, 5.41) is 9.01. The number of sulfonamides is 1. The van der Waals surface area contributed by atoms with E-state index >= 15 is 0 Å². The molecule has 114 valence electrons. The second kappa shape index (κ2) is 6.75. The lowest BCUT2D eigenvalue weighted by molar-refractivity contribution is 0.00858. The summed E-state index contributed by atoms with van der Waals surface area (Å²) in [6, 6.07) is 6.14. The number of ether oxygens (including phenoxy) is 1. The Morgan fingerprint density at radius 3 is 2.86 bits per heavy atom. The van der Waals surface area contributed by atoms with Crippen molar-refractivity contribution in [1.82, 2.24) is 4.31 Å². The summed E-state index contributed by atoms with van der Waals surface area (Å²) in [6.07, 6.45) is 2.83. The molecule has 0 N–H and O–H groups in total. The molecule has 1 aromatic carbocycles. The normalized spacial score (nSPS) is 19.4. The second-order valence-corrected chi connectivity index (χ2v) is 7.45. The fraction of sp³-hybridized carbons (Fsp3) is 0.500. The molecular formula is C14H17ClN2O3S. The molecule has 0 aliphatic carbocycles. The maximum absolute atomic E-state index is 12.6. The lowest BCUT2D eigenvalue weighted by atomic mass is 10.1. The Labute approximate surface area is 130 Å². The molecule has 0 spiro atoms. The van der Waals surface area contributed by atoms with Crippen LogP contribution in [0.25, 0.3) is 0 Å². The van der Waals surface area contributed by atoms with Gasteiger partial charge in [0.15, 0.2) is 0 Å². The molecule has 21 heavy (non-hydrogen) atoms. The molecule has 0 amide bonds. The van der Waals surface area contributed by atoms with Crippen molar-refractivity contribution in [3.8, 4) is 6.07 Å². The van der Waals surface area contributed by atoms with Crippen molar-refractivity contribution in [3.05, 3.63) is 28.8 Å². The Morgan fingerprint density at radius 2 is 2.24 bits per heavy atom. The summed E-state index contributed by atoms with van der Waals surface area (Å²) < 4.78 is 31.9. The third-order valence-corrected chi connectivity index (χ3v) is 5.79. The fourth-order valence-corrected chi connectivity index (χ4v) is 3.97. The number of likely N-dealkylation sites (N-methyl/N-ethyl adjacent to an activating group) is 1. The molecule has 1 heterocycles. The zero-order valence-electron chi connectivity index (χ0n) is 11.8. The first-order chi connectivity index (χ1) is 9.95. The van der Waals surface area contributed by atoms with Gasteiger partial charge in [-0.05, 0) is 37.5 Å². The lowest BCUT2D eigenvalue weighted by Crippen LogP contribution is -2.37. The first-order valence-electron chi connectivity index (χ1n) is 6.72. The van der Waals surface area contributed by atoms with Gasteiger partial charge in [0.1, 0.15) is 4.90 Å². The number of hydrogen-bond donors (Lipinski definition) is 0. The van der Waals surface area contributed by atoms with E-state index in [1.54, 1.807) is 0 Å². The van der Waals surface area contributed by atoms with Gasteiger partial charge in [-0.25, -0.2) is 8.42 Å². The third kappa shape index (κ3) is 3.74. The molecule has 0 radical (unpaired) electrons. The first-order valence-corrected chi connectivity index (χ1v) is 8.54. The Balaban J connectivity index is 2.22. The molecule has 0 bridgehead atoms. The largest absolute Gasteiger partial charge is 0.377 e. The van der Waals surface area contributed by atoms with Crippen LogP contribution in [0.1, 0.15) is 24.8 Å². The molecule has 1 unspecified atom stereocenters. The Kier molecular flexibility index (Phi) is 5.22. The molecule has 7 heteroatoms. The van der Waals surface area contributed by atoms with E-state index in [1.807, 2.05) is 6.07 Å². The smallest absolute Gasteiger partial charge is 0.244 e. The van der Waals surface area contributed by atoms with Gasteiger partial charge in [-0.3, -0.25) is 0 Å². The minimum absolute atomic E-state index is 0.0403. The average Bonchev–Trinajstić information content (AvgIpc) is 2.48. The number of benzene rings is 1. The summed E-state index contributed by atoms with van der Waals surface area (Å²) in [7, 11) is -2.23. The molecule has 1 fully saturated rings. The van der Waals surface area contributed by atoms with Gasteiger partial charge >= 0.3 is 0 Å². The topological polar surface area (TPSA) is 70.4 Å². The zero-order valence-corrected chi connectivity index (χ0v) is 13.3. The van der Waals surface area contributed by atoms with Gasteiger partial charge in [0, 0.05) is 20.2 Å². The van der Waals surface area contributed by atoms with Gasteiger partial charge < -0.3 is 4.74 Å². The highest BCUT2D eigenvalue weighted by Crippen LogP contribution is 2.26. The molecule has 1 aromatic rings. The minimum atomic E-state index is -3.73. The molecule has 1 aliphatic heterocycles. The standard InChI is InChI=1S/C14H17ClN2O3S/c1-17(10-12-4-2-3-7-20-12)21(18,19)14-8-11(9-16)5-6-13(14)15/h5-6,8,12H,2-4,7,10H2,1H3. The van der Waals surface area contributed by atoms with Crippen LogP contribution < -0.4 is 0 Å². The van der Waals surface area contributed by atoms with Crippen LogP contribution in [-0.2, 0) is 14.8 Å². The summed E-state index contributed by atoms with van der Waals surface area (Å²) in [5.74, 6) is 0. The fourth-order valence-electron chi connectivity index (χ4n) is 2.27. The Morgan fingerprint density at radius 1 is 1.48 bits per heavy atom. The van der Waals surface area contributed by atoms with Crippen LogP contribution in [0.5, 0.6) is 0 Å². The van der Waals surface area contributed by atoms with Gasteiger partial charge in [-0.1, -0.05) is 11.6 Å². The third-order valence-electron chi connectivity index (χ3n) is 3.48. The van der Waals surface area contributed by atoms with E-state index in [1.165, 1.54) is 29.6 Å². The van der Waals surface area contributed by atoms with Crippen molar-refractivity contribution in [1.29, 1.82) is 5.26 Å². The van der Waals surface area contributed by atoms with E-state index in [0.717, 1.165) is 19.3 Å². The van der Waals surface area contributed by atoms with Crippen molar-refractivity contribution in [2.45, 2.75) is 30.3 Å². The van der Waals surface area contributed by atoms with Crippen LogP contribution in [-0.4, -0.2) is 39.0 Å². The van der Waals surface area contributed by atoms with E-state index in [-0.39, 0.29) is 28.1 Å². The van der Waals surface area contributed by atoms with Crippen LogP contribution in [0.15, 0.2) is 23.1 Å². The molecule has 0 aromatic heterocycles. The van der Waals surface area contributed by atoms with Crippen LogP contribution in [0.3, 0.4) is 0 Å². The van der Waals surface area contributed by atoms with Crippen LogP contribution in [0, 0.1) is 11.3 Å². The molecular weight excluding hydrogens is 312 g/mol. The van der Waals surface area contributed by atoms with E-state index in [4.69, 9.17) is 21.6 Å². The quantitative estimate of drug-likeness (QED) is 0.851. The summed E-state index contributed by atoms with van der Waals surface area (Å²) in [4.78, 5) is -0.0403. The summed E-state index contributed by atoms with van der Waals surface area (Å²) >= 11 is 5.98. The Bertz CT molecular complexity index is 649. The van der Waals surface area contributed by atoms with Gasteiger partial charge in [-0.2, -0.15) is 9.57 Å². The van der Waals surface area contributed by atoms with Crippen molar-refractivity contribution in [2.75, 3.05) is 20.2 Å². The maximum Gasteiger partial charge on any atom is 0.244 e. The summed E-state index contributed by atoms with van der Waals surface area (Å²) in [6.45, 7) is 0.957. The van der Waals surface area contributed by atoms with Gasteiger partial charge in [0.25, 0.3) is 0 Å². The van der Waals surface area contributed by atoms with Crippen molar-refractivity contribution < 1.29 is 13.2 Å². The number of nitrogens with zero attached hydrogens (tertiary/aromatic N) is 2. The predicted octanol–water partition coefficient (Wildman–Crippen LogP) is 2.40.